The number of benzene rings is 1. The van der Waals surface area contributed by atoms with Crippen LogP contribution in [0.15, 0.2) is 24.5 Å². The van der Waals surface area contributed by atoms with E-state index in [1.54, 1.807) is 6.33 Å². The molecular weight excluding hydrogens is 392 g/mol. The Morgan fingerprint density at radius 3 is 2.86 bits per heavy atom. The SMILES string of the molecule is Fc1ccc(Cc2nnn(CCCn3cnc4c3CNCN4)n2)c(C(F)(F)F)c1. The third kappa shape index (κ3) is 4.36. The van der Waals surface area contributed by atoms with Crippen LogP contribution >= 0.6 is 0 Å². The lowest BCUT2D eigenvalue weighted by Crippen LogP contribution is -2.28. The number of imidazole rings is 1. The normalized spacial score (nSPS) is 13.9. The van der Waals surface area contributed by atoms with E-state index >= 15 is 0 Å². The molecule has 1 aromatic carbocycles. The van der Waals surface area contributed by atoms with Crippen LogP contribution in [0.2, 0.25) is 0 Å². The maximum absolute atomic E-state index is 13.2. The average molecular weight is 410 g/mol. The Kier molecular flexibility index (Phi) is 5.18. The van der Waals surface area contributed by atoms with Gasteiger partial charge in [-0.05, 0) is 29.3 Å². The van der Waals surface area contributed by atoms with Crippen LogP contribution in [0, 0.1) is 5.82 Å². The first-order valence-electron chi connectivity index (χ1n) is 9.01. The lowest BCUT2D eigenvalue weighted by Gasteiger charge is -2.16. The molecule has 0 spiro atoms. The molecule has 3 heterocycles. The van der Waals surface area contributed by atoms with Crippen LogP contribution < -0.4 is 10.6 Å². The molecule has 0 unspecified atom stereocenters. The summed E-state index contributed by atoms with van der Waals surface area (Å²) in [6, 6.07) is 2.57. The largest absolute Gasteiger partial charge is 0.416 e. The quantitative estimate of drug-likeness (QED) is 0.606. The molecule has 2 N–H and O–H groups in total. The third-order valence-electron chi connectivity index (χ3n) is 4.60. The molecular formula is C17H18F4N8. The second-order valence-corrected chi connectivity index (χ2v) is 6.64. The van der Waals surface area contributed by atoms with E-state index < -0.39 is 17.6 Å². The van der Waals surface area contributed by atoms with Crippen LogP contribution in [0.5, 0.6) is 0 Å². The highest BCUT2D eigenvalue weighted by molar-refractivity contribution is 5.42. The zero-order valence-electron chi connectivity index (χ0n) is 15.2. The molecule has 0 saturated carbocycles. The topological polar surface area (TPSA) is 85.5 Å². The first-order chi connectivity index (χ1) is 13.9. The number of hydrogen-bond acceptors (Lipinski definition) is 6. The molecule has 154 valence electrons. The van der Waals surface area contributed by atoms with Gasteiger partial charge >= 0.3 is 6.18 Å². The molecule has 0 amide bonds. The molecule has 0 radical (unpaired) electrons. The van der Waals surface area contributed by atoms with Gasteiger partial charge in [-0.2, -0.15) is 18.0 Å². The van der Waals surface area contributed by atoms with Gasteiger partial charge in [-0.25, -0.2) is 9.37 Å². The van der Waals surface area contributed by atoms with Crippen molar-refractivity contribution in [3.63, 3.8) is 0 Å². The van der Waals surface area contributed by atoms with E-state index in [9.17, 15) is 17.6 Å². The van der Waals surface area contributed by atoms with Crippen LogP contribution in [0.3, 0.4) is 0 Å². The molecule has 0 saturated heterocycles. The molecule has 0 fully saturated rings. The molecule has 0 aliphatic carbocycles. The number of nitrogens with zero attached hydrogens (tertiary/aromatic N) is 6. The highest BCUT2D eigenvalue weighted by atomic mass is 19.4. The van der Waals surface area contributed by atoms with Gasteiger partial charge in [0.25, 0.3) is 0 Å². The second-order valence-electron chi connectivity index (χ2n) is 6.64. The van der Waals surface area contributed by atoms with Crippen LogP contribution in [0.25, 0.3) is 0 Å². The van der Waals surface area contributed by atoms with Gasteiger partial charge in [-0.15, -0.1) is 10.2 Å². The minimum absolute atomic E-state index is 0.0940. The fourth-order valence-electron chi connectivity index (χ4n) is 3.22. The number of aromatic nitrogens is 6. The number of anilines is 1. The van der Waals surface area contributed by atoms with Crippen molar-refractivity contribution in [1.29, 1.82) is 0 Å². The summed E-state index contributed by atoms with van der Waals surface area (Å²) in [6.45, 7) is 2.56. The number of hydrogen-bond donors (Lipinski definition) is 2. The summed E-state index contributed by atoms with van der Waals surface area (Å²) in [5, 5.41) is 18.2. The van der Waals surface area contributed by atoms with Crippen LogP contribution in [0.1, 0.15) is 29.1 Å². The van der Waals surface area contributed by atoms with Crippen LogP contribution in [-0.2, 0) is 32.2 Å². The fourth-order valence-corrected chi connectivity index (χ4v) is 3.22. The molecule has 8 nitrogen and oxygen atoms in total. The Bertz CT molecular complexity index is 994. The van der Waals surface area contributed by atoms with Crippen LogP contribution in [-0.4, -0.2) is 36.4 Å². The van der Waals surface area contributed by atoms with Crippen LogP contribution in [0.4, 0.5) is 23.4 Å². The summed E-state index contributed by atoms with van der Waals surface area (Å²) >= 11 is 0. The number of halogens is 4. The number of tetrazole rings is 1. The maximum Gasteiger partial charge on any atom is 0.416 e. The van der Waals surface area contributed by atoms with Crippen molar-refractivity contribution in [3.05, 3.63) is 53.0 Å². The highest BCUT2D eigenvalue weighted by Crippen LogP contribution is 2.33. The number of rotatable bonds is 6. The van der Waals surface area contributed by atoms with E-state index in [0.29, 0.717) is 32.2 Å². The molecule has 0 bridgehead atoms. The van der Waals surface area contributed by atoms with Gasteiger partial charge in [-0.3, -0.25) is 5.32 Å². The van der Waals surface area contributed by atoms with Gasteiger partial charge < -0.3 is 9.88 Å². The smallest absolute Gasteiger partial charge is 0.356 e. The maximum atomic E-state index is 13.2. The zero-order valence-corrected chi connectivity index (χ0v) is 15.2. The van der Waals surface area contributed by atoms with Crippen molar-refractivity contribution in [2.75, 3.05) is 12.0 Å². The standard InChI is InChI=1S/C17H18F4N8/c18-12-3-2-11(13(7-12)17(19,20)21)6-15-25-27-29(26-15)5-1-4-28-10-24-16-14(28)8-22-9-23-16/h2-3,7,10,22-23H,1,4-6,8-9H2. The van der Waals surface area contributed by atoms with Crippen molar-refractivity contribution in [3.8, 4) is 0 Å². The predicted octanol–water partition coefficient (Wildman–Crippen LogP) is 2.18. The van der Waals surface area contributed by atoms with Gasteiger partial charge in [0.15, 0.2) is 5.82 Å². The Balaban J connectivity index is 1.38. The van der Waals surface area contributed by atoms with Crippen molar-refractivity contribution in [2.24, 2.45) is 0 Å². The Hall–Kier alpha value is -3.02. The van der Waals surface area contributed by atoms with Crippen molar-refractivity contribution in [2.45, 2.75) is 38.7 Å². The van der Waals surface area contributed by atoms with Crippen molar-refractivity contribution < 1.29 is 17.6 Å². The lowest BCUT2D eigenvalue weighted by molar-refractivity contribution is -0.138. The van der Waals surface area contributed by atoms with Crippen molar-refractivity contribution in [1.82, 2.24) is 35.1 Å². The van der Waals surface area contributed by atoms with Gasteiger partial charge in [-0.1, -0.05) is 6.07 Å². The van der Waals surface area contributed by atoms with Gasteiger partial charge in [0.05, 0.1) is 30.8 Å². The monoisotopic (exact) mass is 410 g/mol. The van der Waals surface area contributed by atoms with E-state index in [1.165, 1.54) is 4.80 Å². The Morgan fingerprint density at radius 1 is 1.17 bits per heavy atom. The fraction of sp³-hybridized carbons (Fsp3) is 0.412. The summed E-state index contributed by atoms with van der Waals surface area (Å²) < 4.78 is 54.6. The minimum atomic E-state index is -4.65. The van der Waals surface area contributed by atoms with E-state index in [1.807, 2.05) is 4.57 Å². The van der Waals surface area contributed by atoms with E-state index in [2.05, 4.69) is 31.0 Å². The molecule has 1 aliphatic heterocycles. The van der Waals surface area contributed by atoms with E-state index in [4.69, 9.17) is 0 Å². The second kappa shape index (κ2) is 7.78. The molecule has 1 aliphatic rings. The average Bonchev–Trinajstić information content (AvgIpc) is 3.30. The molecule has 2 aromatic heterocycles. The molecule has 12 heteroatoms. The van der Waals surface area contributed by atoms with Crippen molar-refractivity contribution >= 4 is 5.82 Å². The van der Waals surface area contributed by atoms with E-state index in [-0.39, 0.29) is 17.8 Å². The summed E-state index contributed by atoms with van der Waals surface area (Å²) in [4.78, 5) is 5.66. The lowest BCUT2D eigenvalue weighted by atomic mass is 10.0. The molecule has 29 heavy (non-hydrogen) atoms. The van der Waals surface area contributed by atoms with Gasteiger partial charge in [0.2, 0.25) is 0 Å². The number of alkyl halides is 3. The molecule has 4 rings (SSSR count). The number of aryl methyl sites for hydroxylation is 2. The zero-order chi connectivity index (χ0) is 20.4. The number of nitrogens with one attached hydrogen (secondary N) is 2. The summed E-state index contributed by atoms with van der Waals surface area (Å²) in [5.74, 6) is 0.0741. The summed E-state index contributed by atoms with van der Waals surface area (Å²) in [5.41, 5.74) is -0.0519. The molecule has 0 atom stereocenters. The Morgan fingerprint density at radius 2 is 2.03 bits per heavy atom. The first kappa shape index (κ1) is 19.3. The minimum Gasteiger partial charge on any atom is -0.356 e. The number of fused-ring (bicyclic) bond motifs is 1. The first-order valence-corrected chi connectivity index (χ1v) is 9.01. The summed E-state index contributed by atoms with van der Waals surface area (Å²) in [6.07, 6.45) is -2.37. The third-order valence-corrected chi connectivity index (χ3v) is 4.60. The van der Waals surface area contributed by atoms with E-state index in [0.717, 1.165) is 30.2 Å². The molecule has 3 aromatic rings. The van der Waals surface area contributed by atoms with Gasteiger partial charge in [0, 0.05) is 19.5 Å². The van der Waals surface area contributed by atoms with Gasteiger partial charge in [0.1, 0.15) is 11.6 Å². The summed E-state index contributed by atoms with van der Waals surface area (Å²) in [7, 11) is 0. The predicted molar refractivity (Wildman–Crippen MR) is 94.2 cm³/mol. The Labute approximate surface area is 162 Å². The highest BCUT2D eigenvalue weighted by Gasteiger charge is 2.34.